The van der Waals surface area contributed by atoms with Gasteiger partial charge in [-0.05, 0) is 45.0 Å². The molecule has 0 N–H and O–H groups in total. The molecule has 0 saturated heterocycles. The van der Waals surface area contributed by atoms with Crippen LogP contribution >= 0.6 is 34.5 Å². The molecule has 5 nitrogen and oxygen atoms in total. The SMILES string of the molecule is COCCN(C(=O)c1ccc(Cl)cc1Cl)c1cc(C#CC(C)(C)C)sc1C(=O)OC. The van der Waals surface area contributed by atoms with Crippen LogP contribution in [0.4, 0.5) is 5.69 Å². The molecule has 1 heterocycles. The first-order valence-corrected chi connectivity index (χ1v) is 10.7. The van der Waals surface area contributed by atoms with Gasteiger partial charge in [0.05, 0.1) is 34.9 Å². The Morgan fingerprint density at radius 1 is 1.17 bits per heavy atom. The molecule has 0 fully saturated rings. The minimum atomic E-state index is -0.545. The van der Waals surface area contributed by atoms with Gasteiger partial charge in [-0.2, -0.15) is 0 Å². The lowest BCUT2D eigenvalue weighted by atomic mass is 9.98. The van der Waals surface area contributed by atoms with Crippen LogP contribution in [0.5, 0.6) is 0 Å². The summed E-state index contributed by atoms with van der Waals surface area (Å²) in [7, 11) is 2.83. The van der Waals surface area contributed by atoms with Crippen molar-refractivity contribution in [2.75, 3.05) is 32.3 Å². The Bertz CT molecular complexity index is 999. The number of amides is 1. The van der Waals surface area contributed by atoms with E-state index in [0.717, 1.165) is 0 Å². The van der Waals surface area contributed by atoms with E-state index in [4.69, 9.17) is 32.7 Å². The molecule has 0 atom stereocenters. The maximum absolute atomic E-state index is 13.3. The van der Waals surface area contributed by atoms with Crippen LogP contribution in [-0.2, 0) is 9.47 Å². The first-order chi connectivity index (χ1) is 14.1. The number of carbonyl (C=O) groups is 2. The molecule has 160 valence electrons. The largest absolute Gasteiger partial charge is 0.465 e. The highest BCUT2D eigenvalue weighted by Gasteiger charge is 2.27. The summed E-state index contributed by atoms with van der Waals surface area (Å²) in [6.45, 7) is 6.45. The molecule has 0 bridgehead atoms. The average molecular weight is 468 g/mol. The summed E-state index contributed by atoms with van der Waals surface area (Å²) >= 11 is 13.4. The van der Waals surface area contributed by atoms with Crippen LogP contribution in [-0.4, -0.2) is 39.2 Å². The topological polar surface area (TPSA) is 55.8 Å². The zero-order valence-corrected chi connectivity index (χ0v) is 19.8. The van der Waals surface area contributed by atoms with E-state index in [1.54, 1.807) is 18.2 Å². The van der Waals surface area contributed by atoms with Crippen molar-refractivity contribution in [3.8, 4) is 11.8 Å². The highest BCUT2D eigenvalue weighted by Crippen LogP contribution is 2.33. The highest BCUT2D eigenvalue weighted by atomic mass is 35.5. The Balaban J connectivity index is 2.59. The van der Waals surface area contributed by atoms with E-state index in [2.05, 4.69) is 11.8 Å². The predicted molar refractivity (Wildman–Crippen MR) is 122 cm³/mol. The number of methoxy groups -OCH3 is 2. The summed E-state index contributed by atoms with van der Waals surface area (Å²) in [5.74, 6) is 5.29. The number of esters is 1. The summed E-state index contributed by atoms with van der Waals surface area (Å²) in [4.78, 5) is 28.1. The van der Waals surface area contributed by atoms with Crippen LogP contribution in [0.15, 0.2) is 24.3 Å². The molecule has 2 aromatic rings. The molecule has 1 amide bonds. The van der Waals surface area contributed by atoms with Crippen molar-refractivity contribution in [3.05, 3.63) is 49.6 Å². The molecule has 0 saturated carbocycles. The molecule has 2 rings (SSSR count). The molecular weight excluding hydrogens is 445 g/mol. The van der Waals surface area contributed by atoms with Crippen molar-refractivity contribution < 1.29 is 19.1 Å². The van der Waals surface area contributed by atoms with E-state index in [-0.39, 0.29) is 39.9 Å². The van der Waals surface area contributed by atoms with Crippen LogP contribution in [0.3, 0.4) is 0 Å². The summed E-state index contributed by atoms with van der Waals surface area (Å²) in [5.41, 5.74) is 0.456. The molecule has 0 unspecified atom stereocenters. The van der Waals surface area contributed by atoms with E-state index < -0.39 is 5.97 Å². The number of benzene rings is 1. The molecule has 30 heavy (non-hydrogen) atoms. The van der Waals surface area contributed by atoms with Crippen LogP contribution in [0, 0.1) is 17.3 Å². The Morgan fingerprint density at radius 3 is 2.43 bits per heavy atom. The smallest absolute Gasteiger partial charge is 0.350 e. The first-order valence-electron chi connectivity index (χ1n) is 9.08. The van der Waals surface area contributed by atoms with Gasteiger partial charge in [-0.15, -0.1) is 11.3 Å². The second kappa shape index (κ2) is 10.3. The van der Waals surface area contributed by atoms with Gasteiger partial charge in [0.1, 0.15) is 4.88 Å². The van der Waals surface area contributed by atoms with Crippen molar-refractivity contribution in [1.82, 2.24) is 0 Å². The Hall–Kier alpha value is -2.04. The lowest BCUT2D eigenvalue weighted by Crippen LogP contribution is -2.34. The van der Waals surface area contributed by atoms with Crippen LogP contribution < -0.4 is 4.90 Å². The predicted octanol–water partition coefficient (Wildman–Crippen LogP) is 5.53. The fraction of sp³-hybridized carbons (Fsp3) is 0.364. The summed E-state index contributed by atoms with van der Waals surface area (Å²) in [6, 6.07) is 6.36. The van der Waals surface area contributed by atoms with Crippen molar-refractivity contribution in [2.24, 2.45) is 5.41 Å². The van der Waals surface area contributed by atoms with Gasteiger partial charge in [0.2, 0.25) is 0 Å². The lowest BCUT2D eigenvalue weighted by molar-refractivity contribution is 0.0607. The molecule has 0 aliphatic rings. The average Bonchev–Trinajstić information content (AvgIpc) is 3.09. The van der Waals surface area contributed by atoms with Crippen molar-refractivity contribution in [2.45, 2.75) is 20.8 Å². The van der Waals surface area contributed by atoms with Gasteiger partial charge in [-0.25, -0.2) is 4.79 Å². The maximum Gasteiger partial charge on any atom is 0.350 e. The fourth-order valence-electron chi connectivity index (χ4n) is 2.45. The summed E-state index contributed by atoms with van der Waals surface area (Å²) < 4.78 is 10.1. The third kappa shape index (κ3) is 6.23. The lowest BCUT2D eigenvalue weighted by Gasteiger charge is -2.23. The van der Waals surface area contributed by atoms with Gasteiger partial charge in [0.15, 0.2) is 0 Å². The second-order valence-corrected chi connectivity index (χ2v) is 9.29. The van der Waals surface area contributed by atoms with Crippen LogP contribution in [0.1, 0.15) is 45.7 Å². The van der Waals surface area contributed by atoms with Crippen molar-refractivity contribution in [1.29, 1.82) is 0 Å². The van der Waals surface area contributed by atoms with E-state index >= 15 is 0 Å². The molecule has 0 aliphatic heterocycles. The van der Waals surface area contributed by atoms with Gasteiger partial charge < -0.3 is 14.4 Å². The Morgan fingerprint density at radius 2 is 1.87 bits per heavy atom. The number of hydrogen-bond donors (Lipinski definition) is 0. The molecule has 8 heteroatoms. The molecule has 1 aromatic heterocycles. The monoisotopic (exact) mass is 467 g/mol. The number of hydrogen-bond acceptors (Lipinski definition) is 5. The minimum absolute atomic E-state index is 0.209. The highest BCUT2D eigenvalue weighted by molar-refractivity contribution is 7.15. The number of ether oxygens (including phenoxy) is 2. The van der Waals surface area contributed by atoms with E-state index in [1.807, 2.05) is 20.8 Å². The van der Waals surface area contributed by atoms with Gasteiger partial charge in [0, 0.05) is 24.1 Å². The molecule has 0 radical (unpaired) electrons. The number of nitrogens with zero attached hydrogens (tertiary/aromatic N) is 1. The Labute approximate surface area is 190 Å². The molecule has 0 spiro atoms. The molecule has 0 aliphatic carbocycles. The zero-order chi connectivity index (χ0) is 22.5. The number of carbonyl (C=O) groups excluding carboxylic acids is 2. The minimum Gasteiger partial charge on any atom is -0.465 e. The normalized spacial score (nSPS) is 10.9. The van der Waals surface area contributed by atoms with Crippen molar-refractivity contribution in [3.63, 3.8) is 0 Å². The molecular formula is C22H23Cl2NO4S. The Kier molecular flexibility index (Phi) is 8.34. The van der Waals surface area contributed by atoms with E-state index in [0.29, 0.717) is 15.6 Å². The van der Waals surface area contributed by atoms with Gasteiger partial charge in [0.25, 0.3) is 5.91 Å². The summed E-state index contributed by atoms with van der Waals surface area (Å²) in [5, 5.41) is 0.642. The van der Waals surface area contributed by atoms with Gasteiger partial charge in [-0.3, -0.25) is 4.79 Å². The second-order valence-electron chi connectivity index (χ2n) is 7.39. The summed E-state index contributed by atoms with van der Waals surface area (Å²) in [6.07, 6.45) is 0. The van der Waals surface area contributed by atoms with E-state index in [9.17, 15) is 9.59 Å². The molecule has 1 aromatic carbocycles. The number of thiophene rings is 1. The number of rotatable bonds is 6. The van der Waals surface area contributed by atoms with Crippen LogP contribution in [0.2, 0.25) is 10.0 Å². The zero-order valence-electron chi connectivity index (χ0n) is 17.5. The third-order valence-corrected chi connectivity index (χ3v) is 5.43. The fourth-order valence-corrected chi connectivity index (χ4v) is 3.88. The van der Waals surface area contributed by atoms with Crippen molar-refractivity contribution >= 4 is 52.1 Å². The number of anilines is 1. The maximum atomic E-state index is 13.3. The van der Waals surface area contributed by atoms with Crippen LogP contribution in [0.25, 0.3) is 0 Å². The standard InChI is InChI=1S/C22H23Cl2NO4S/c1-22(2,3)9-8-15-13-18(19(30-15)21(27)29-5)25(10-11-28-4)20(26)16-7-6-14(23)12-17(16)24/h6-7,12-13H,10-11H2,1-5H3. The number of halogens is 2. The van der Waals surface area contributed by atoms with Gasteiger partial charge >= 0.3 is 5.97 Å². The quantitative estimate of drug-likeness (QED) is 0.413. The van der Waals surface area contributed by atoms with E-state index in [1.165, 1.54) is 36.5 Å². The third-order valence-electron chi connectivity index (χ3n) is 3.86. The van der Waals surface area contributed by atoms with Gasteiger partial charge in [-0.1, -0.05) is 35.0 Å². The first kappa shape index (κ1) is 24.2.